The molecule has 522 valence electrons. The third-order valence-corrected chi connectivity index (χ3v) is 22.3. The Bertz CT molecular complexity index is 6030. The lowest BCUT2D eigenvalue weighted by Crippen LogP contribution is -2.41. The molecule has 1 aliphatic heterocycles. The third kappa shape index (κ3) is 12.9. The Labute approximate surface area is 637 Å². The highest BCUT2D eigenvalue weighted by molar-refractivity contribution is 6.64. The van der Waals surface area contributed by atoms with Crippen molar-refractivity contribution in [3.05, 3.63) is 355 Å². The first-order chi connectivity index (χ1) is 52.4. The number of nitrogens with zero attached hydrogens (tertiary/aromatic N) is 6. The summed E-state index contributed by atoms with van der Waals surface area (Å²) in [6, 6.07) is 115. The smallest absolute Gasteiger partial charge is 0.399 e. The average molecular weight is 1420 g/mol. The summed E-state index contributed by atoms with van der Waals surface area (Å²) in [4.78, 5) is 28.5. The molecule has 2 aromatic heterocycles. The van der Waals surface area contributed by atoms with Crippen molar-refractivity contribution in [2.24, 2.45) is 0 Å². The third-order valence-electron chi connectivity index (χ3n) is 22.1. The van der Waals surface area contributed by atoms with E-state index in [9.17, 15) is 0 Å². The van der Waals surface area contributed by atoms with Gasteiger partial charge in [-0.2, -0.15) is 9.97 Å². The molecule has 0 unspecified atom stereocenters. The number of hydrogen-bond donors (Lipinski definition) is 0. The molecule has 16 aromatic rings. The molecule has 0 radical (unpaired) electrons. The first kappa shape index (κ1) is 69.0. The first-order valence-electron chi connectivity index (χ1n) is 36.9. The van der Waals surface area contributed by atoms with Gasteiger partial charge in [0.15, 0.2) is 29.1 Å². The number of halogens is 1. The maximum atomic E-state index is 6.50. The van der Waals surface area contributed by atoms with E-state index in [-0.39, 0.29) is 34.4 Å². The van der Waals surface area contributed by atoms with Crippen molar-refractivity contribution in [3.63, 3.8) is 0 Å². The van der Waals surface area contributed by atoms with Crippen LogP contribution in [-0.2, 0) is 20.1 Å². The summed E-state index contributed by atoms with van der Waals surface area (Å²) in [5.41, 5.74) is 24.7. The van der Waals surface area contributed by atoms with E-state index in [0.29, 0.717) is 29.1 Å². The summed E-state index contributed by atoms with van der Waals surface area (Å²) in [5.74, 6) is 3.13. The number of benzene rings is 14. The van der Waals surface area contributed by atoms with Gasteiger partial charge < -0.3 is 9.31 Å². The Morgan fingerprint density at radius 1 is 0.259 bits per heavy atom. The number of fused-ring (bicyclic) bond motifs is 10. The van der Waals surface area contributed by atoms with Crippen LogP contribution in [0.5, 0.6) is 0 Å². The number of hydrogen-bond acceptors (Lipinski definition) is 8. The van der Waals surface area contributed by atoms with E-state index in [1.807, 2.05) is 84.9 Å². The zero-order valence-corrected chi connectivity index (χ0v) is 62.4. The van der Waals surface area contributed by atoms with E-state index in [1.165, 1.54) is 99.4 Å². The normalized spacial score (nSPS) is 14.4. The van der Waals surface area contributed by atoms with Gasteiger partial charge in [0.1, 0.15) is 0 Å². The lowest BCUT2D eigenvalue weighted by atomic mass is 9.73. The summed E-state index contributed by atoms with van der Waals surface area (Å²) in [6.07, 6.45) is 0. The molecule has 1 saturated heterocycles. The minimum absolute atomic E-state index is 0.126. The molecule has 0 bridgehead atoms. The molecule has 8 nitrogen and oxygen atoms in total. The van der Waals surface area contributed by atoms with Gasteiger partial charge in [-0.3, -0.25) is 0 Å². The van der Waals surface area contributed by atoms with Crippen molar-refractivity contribution in [1.29, 1.82) is 0 Å². The zero-order chi connectivity index (χ0) is 73.9. The highest BCUT2D eigenvalue weighted by Gasteiger charge is 2.53. The van der Waals surface area contributed by atoms with Crippen LogP contribution in [0, 0.1) is 0 Å². The van der Waals surface area contributed by atoms with Gasteiger partial charge in [0.2, 0.25) is 5.28 Å². The number of rotatable bonds is 10. The molecule has 0 N–H and O–H groups in total. The van der Waals surface area contributed by atoms with E-state index in [0.717, 1.165) is 44.4 Å². The first-order valence-corrected chi connectivity index (χ1v) is 37.3. The summed E-state index contributed by atoms with van der Waals surface area (Å²) >= 11 is 6.11. The molecule has 2 aliphatic carbocycles. The highest BCUT2D eigenvalue weighted by Crippen LogP contribution is 2.56. The fourth-order valence-electron chi connectivity index (χ4n) is 15.8. The zero-order valence-electron chi connectivity index (χ0n) is 61.6. The van der Waals surface area contributed by atoms with Crippen molar-refractivity contribution < 1.29 is 9.31 Å². The summed E-state index contributed by atoms with van der Waals surface area (Å²) in [5, 5.41) is 5.31. The van der Waals surface area contributed by atoms with Gasteiger partial charge >= 0.3 is 7.12 Å². The van der Waals surface area contributed by atoms with Gasteiger partial charge in [0.05, 0.1) is 11.2 Å². The van der Waals surface area contributed by atoms with Crippen LogP contribution in [0.2, 0.25) is 5.28 Å². The molecule has 0 spiro atoms. The second-order valence-corrected chi connectivity index (χ2v) is 30.4. The summed E-state index contributed by atoms with van der Waals surface area (Å²) < 4.78 is 13.0. The van der Waals surface area contributed by atoms with Crippen LogP contribution in [0.4, 0.5) is 0 Å². The van der Waals surface area contributed by atoms with Crippen LogP contribution in [0.15, 0.2) is 328 Å². The van der Waals surface area contributed by atoms with Crippen LogP contribution < -0.4 is 5.46 Å². The van der Waals surface area contributed by atoms with Gasteiger partial charge in [-0.25, -0.2) is 19.9 Å². The molecule has 3 heterocycles. The van der Waals surface area contributed by atoms with E-state index in [2.05, 4.69) is 313 Å². The lowest BCUT2D eigenvalue weighted by Gasteiger charge is -2.32. The van der Waals surface area contributed by atoms with Gasteiger partial charge in [0.25, 0.3) is 0 Å². The second kappa shape index (κ2) is 28.0. The lowest BCUT2D eigenvalue weighted by molar-refractivity contribution is 0.00578. The summed E-state index contributed by atoms with van der Waals surface area (Å²) in [6.45, 7) is 17.9. The molecule has 0 atom stereocenters. The molecular formula is C98H78BClN6O2. The SMILES string of the molecule is CC1(C)c2cccc(-c3nc(-c4ccccc4)nc(-c4ccc(-c5ccccc5)cc4)n3)c2-c2ccc3ccc(-c4ccccc4)cc3c21.CC1(C)c2cccc(B3OC(C)(C)C(C)(C)O3)c2-c2ccc3ccc(-c4ccccc4)cc3c21.Clc1nc(-c2ccccc2)nc(-c2ccc(-c3ccccc3)cc2)n1. The maximum Gasteiger partial charge on any atom is 0.495 e. The fourth-order valence-corrected chi connectivity index (χ4v) is 16.0. The molecular weight excluding hydrogens is 1340 g/mol. The van der Waals surface area contributed by atoms with E-state index < -0.39 is 0 Å². The standard InChI is InChI=1S/C46H33N3.C31H31BO2.C21H14ClN3/c1-46(2)40-20-12-19-38(41(40)37-28-27-33-23-26-36(29-39(33)42(37)46)31-15-8-4-9-16-31)45-48-43(34-17-10-5-11-18-34)47-44(49-45)35-24-21-32(22-25-35)30-13-6-3-7-14-30;1-29(2)25-13-10-14-26(32-33-30(3,4)31(5,6)34-32)27(25)23-18-17-21-15-16-22(19-24(21)28(23)29)20-11-8-7-9-12-20;22-21-24-19(17-9-5-2-6-10-17)23-20(25-21)18-13-11-16(12-14-18)15-7-3-1-4-8-15/h3-29H,1-2H3;7-19H,1-6H3;1-14H. The highest BCUT2D eigenvalue weighted by atomic mass is 35.5. The molecule has 14 aromatic carbocycles. The monoisotopic (exact) mass is 1420 g/mol. The Morgan fingerprint density at radius 3 is 0.963 bits per heavy atom. The van der Waals surface area contributed by atoms with Crippen molar-refractivity contribution in [3.8, 4) is 124 Å². The molecule has 1 fully saturated rings. The van der Waals surface area contributed by atoms with E-state index in [4.69, 9.17) is 35.9 Å². The van der Waals surface area contributed by atoms with Crippen LogP contribution in [0.3, 0.4) is 0 Å². The largest absolute Gasteiger partial charge is 0.495 e. The van der Waals surface area contributed by atoms with Crippen LogP contribution in [0.1, 0.15) is 77.6 Å². The minimum atomic E-state index is -0.381. The molecule has 108 heavy (non-hydrogen) atoms. The van der Waals surface area contributed by atoms with Crippen LogP contribution >= 0.6 is 11.6 Å². The van der Waals surface area contributed by atoms with Gasteiger partial charge in [-0.15, -0.1) is 0 Å². The second-order valence-electron chi connectivity index (χ2n) is 30.1. The molecule has 0 saturated carbocycles. The van der Waals surface area contributed by atoms with Crippen molar-refractivity contribution in [1.82, 2.24) is 29.9 Å². The summed E-state index contributed by atoms with van der Waals surface area (Å²) in [7, 11) is -0.381. The van der Waals surface area contributed by atoms with E-state index in [1.54, 1.807) is 0 Å². The predicted octanol–water partition coefficient (Wildman–Crippen LogP) is 24.3. The predicted molar refractivity (Wildman–Crippen MR) is 446 cm³/mol. The quantitative estimate of drug-likeness (QED) is 0.125. The van der Waals surface area contributed by atoms with Crippen molar-refractivity contribution in [2.75, 3.05) is 0 Å². The molecule has 3 aliphatic rings. The minimum Gasteiger partial charge on any atom is -0.399 e. The molecule has 0 amide bonds. The number of aromatic nitrogens is 6. The Morgan fingerprint density at radius 2 is 0.556 bits per heavy atom. The van der Waals surface area contributed by atoms with Crippen LogP contribution in [-0.4, -0.2) is 48.2 Å². The maximum absolute atomic E-state index is 6.50. The molecule has 19 rings (SSSR count). The average Bonchev–Trinajstić information content (AvgIpc) is 1.55. The van der Waals surface area contributed by atoms with Crippen molar-refractivity contribution >= 4 is 45.7 Å². The fraction of sp³-hybridized carbons (Fsp3) is 0.122. The molecule has 10 heteroatoms. The topological polar surface area (TPSA) is 95.8 Å². The van der Waals surface area contributed by atoms with Gasteiger partial charge in [-0.1, -0.05) is 343 Å². The van der Waals surface area contributed by atoms with E-state index >= 15 is 0 Å². The Hall–Kier alpha value is -12.1. The van der Waals surface area contributed by atoms with Gasteiger partial charge in [-0.05, 0) is 167 Å². The Balaban J connectivity index is 0.000000126. The van der Waals surface area contributed by atoms with Crippen molar-refractivity contribution in [2.45, 2.75) is 77.4 Å². The Kier molecular flexibility index (Phi) is 17.9. The van der Waals surface area contributed by atoms with Gasteiger partial charge in [0, 0.05) is 38.6 Å². The van der Waals surface area contributed by atoms with Crippen LogP contribution in [0.25, 0.3) is 145 Å².